The van der Waals surface area contributed by atoms with Crippen LogP contribution in [0.5, 0.6) is 5.75 Å². The van der Waals surface area contributed by atoms with Crippen molar-refractivity contribution < 1.29 is 31.5 Å². The van der Waals surface area contributed by atoms with E-state index in [0.717, 1.165) is 12.1 Å². The molecule has 0 radical (unpaired) electrons. The zero-order chi connectivity index (χ0) is 20.2. The molecule has 0 aromatic heterocycles. The van der Waals surface area contributed by atoms with Crippen LogP contribution >= 0.6 is 0 Å². The number of nitrogens with one attached hydrogen (secondary N) is 1. The first kappa shape index (κ1) is 20.2. The molecule has 0 bridgehead atoms. The summed E-state index contributed by atoms with van der Waals surface area (Å²) in [6.45, 7) is 1.03. The fourth-order valence-corrected chi connectivity index (χ4v) is 2.23. The molecule has 0 unspecified atom stereocenters. The second-order valence-electron chi connectivity index (χ2n) is 5.61. The van der Waals surface area contributed by atoms with E-state index in [2.05, 4.69) is 5.32 Å². The smallest absolute Gasteiger partial charge is 0.419 e. The van der Waals surface area contributed by atoms with Crippen LogP contribution in [-0.2, 0) is 6.18 Å². The summed E-state index contributed by atoms with van der Waals surface area (Å²) in [5, 5.41) is 10.9. The molecule has 27 heavy (non-hydrogen) atoms. The third-order valence-corrected chi connectivity index (χ3v) is 3.46. The highest BCUT2D eigenvalue weighted by atomic mass is 19.4. The number of halogens is 5. The lowest BCUT2D eigenvalue weighted by molar-refractivity contribution is -0.139. The van der Waals surface area contributed by atoms with Crippen LogP contribution in [0, 0.1) is 23.0 Å². The van der Waals surface area contributed by atoms with Crippen molar-refractivity contribution in [1.29, 1.82) is 5.26 Å². The van der Waals surface area contributed by atoms with Gasteiger partial charge in [-0.15, -0.1) is 0 Å². The van der Waals surface area contributed by atoms with E-state index in [0.29, 0.717) is 12.1 Å². The largest absolute Gasteiger partial charge is 0.491 e. The molecule has 0 aliphatic carbocycles. The molecule has 1 amide bonds. The zero-order valence-electron chi connectivity index (χ0n) is 13.9. The quantitative estimate of drug-likeness (QED) is 0.791. The summed E-state index contributed by atoms with van der Waals surface area (Å²) in [5.41, 5.74) is -2.16. The van der Waals surface area contributed by atoms with Crippen molar-refractivity contribution in [3.63, 3.8) is 0 Å². The molecule has 2 aromatic rings. The summed E-state index contributed by atoms with van der Waals surface area (Å²) in [4.78, 5) is 12.0. The van der Waals surface area contributed by atoms with Gasteiger partial charge in [0, 0.05) is 0 Å². The van der Waals surface area contributed by atoms with Crippen LogP contribution in [0.3, 0.4) is 0 Å². The standard InChI is InChI=1S/C18H13F5N2O2/c1-10(9-27-15-5-3-2-4-12(15)18(21,22)23)25-17(26)16-13(19)6-11(8-24)7-14(16)20/h2-7,10H,9H2,1H3,(H,25,26)/t10-/m0/s1. The number of ether oxygens (including phenoxy) is 1. The van der Waals surface area contributed by atoms with E-state index < -0.39 is 46.6 Å². The van der Waals surface area contributed by atoms with Crippen LogP contribution in [0.2, 0.25) is 0 Å². The highest BCUT2D eigenvalue weighted by molar-refractivity contribution is 5.95. The van der Waals surface area contributed by atoms with Crippen LogP contribution in [0.4, 0.5) is 22.0 Å². The molecule has 0 spiro atoms. The average Bonchev–Trinajstić information content (AvgIpc) is 2.58. The molecule has 0 saturated carbocycles. The molecule has 0 aliphatic rings. The van der Waals surface area contributed by atoms with Gasteiger partial charge in [0.25, 0.3) is 5.91 Å². The number of carbonyl (C=O) groups excluding carboxylic acids is 1. The SMILES string of the molecule is C[C@@H](COc1ccccc1C(F)(F)F)NC(=O)c1c(F)cc(C#N)cc1F. The molecule has 0 aliphatic heterocycles. The third-order valence-electron chi connectivity index (χ3n) is 3.46. The van der Waals surface area contributed by atoms with Gasteiger partial charge in [-0.25, -0.2) is 8.78 Å². The third kappa shape index (κ3) is 4.94. The fraction of sp³-hybridized carbons (Fsp3) is 0.222. The summed E-state index contributed by atoms with van der Waals surface area (Å²) in [5.74, 6) is -3.99. The number of nitriles is 1. The monoisotopic (exact) mass is 384 g/mol. The van der Waals surface area contributed by atoms with E-state index >= 15 is 0 Å². The Labute approximate surface area is 151 Å². The van der Waals surface area contributed by atoms with Gasteiger partial charge in [0.05, 0.1) is 23.2 Å². The molecule has 0 saturated heterocycles. The van der Waals surface area contributed by atoms with Crippen molar-refractivity contribution in [3.05, 3.63) is 64.7 Å². The van der Waals surface area contributed by atoms with E-state index in [1.807, 2.05) is 0 Å². The highest BCUT2D eigenvalue weighted by Gasteiger charge is 2.34. The number of hydrogen-bond acceptors (Lipinski definition) is 3. The van der Waals surface area contributed by atoms with Crippen LogP contribution < -0.4 is 10.1 Å². The lowest BCUT2D eigenvalue weighted by atomic mass is 10.1. The molecule has 2 rings (SSSR count). The van der Waals surface area contributed by atoms with Gasteiger partial charge in [-0.1, -0.05) is 12.1 Å². The van der Waals surface area contributed by atoms with Crippen molar-refractivity contribution >= 4 is 5.91 Å². The maximum atomic E-state index is 13.8. The lowest BCUT2D eigenvalue weighted by Gasteiger charge is -2.18. The van der Waals surface area contributed by atoms with Crippen LogP contribution in [-0.4, -0.2) is 18.6 Å². The number of benzene rings is 2. The van der Waals surface area contributed by atoms with Crippen molar-refractivity contribution in [2.24, 2.45) is 0 Å². The van der Waals surface area contributed by atoms with Gasteiger partial charge in [-0.05, 0) is 31.2 Å². The minimum atomic E-state index is -4.61. The first-order valence-electron chi connectivity index (χ1n) is 7.62. The van der Waals surface area contributed by atoms with Crippen LogP contribution in [0.1, 0.15) is 28.4 Å². The molecular weight excluding hydrogens is 371 g/mol. The van der Waals surface area contributed by atoms with E-state index in [9.17, 15) is 26.7 Å². The predicted molar refractivity (Wildman–Crippen MR) is 84.9 cm³/mol. The molecule has 0 heterocycles. The number of hydrogen-bond donors (Lipinski definition) is 1. The molecule has 4 nitrogen and oxygen atoms in total. The normalized spacial score (nSPS) is 12.2. The predicted octanol–water partition coefficient (Wildman–Crippen LogP) is 4.05. The van der Waals surface area contributed by atoms with Gasteiger partial charge in [0.15, 0.2) is 0 Å². The number of para-hydroxylation sites is 1. The molecule has 1 atom stereocenters. The molecule has 0 fully saturated rings. The Morgan fingerprint density at radius 1 is 1.22 bits per heavy atom. The first-order chi connectivity index (χ1) is 12.6. The van der Waals surface area contributed by atoms with E-state index in [4.69, 9.17) is 10.00 Å². The highest BCUT2D eigenvalue weighted by Crippen LogP contribution is 2.35. The van der Waals surface area contributed by atoms with E-state index in [-0.39, 0.29) is 12.2 Å². The second kappa shape index (κ2) is 8.03. The van der Waals surface area contributed by atoms with Gasteiger partial charge in [-0.3, -0.25) is 4.79 Å². The van der Waals surface area contributed by atoms with Crippen molar-refractivity contribution in [2.75, 3.05) is 6.61 Å². The van der Waals surface area contributed by atoms with Crippen molar-refractivity contribution in [1.82, 2.24) is 5.32 Å². The van der Waals surface area contributed by atoms with Gasteiger partial charge >= 0.3 is 6.18 Å². The number of nitrogens with zero attached hydrogens (tertiary/aromatic N) is 1. The Balaban J connectivity index is 2.06. The summed E-state index contributed by atoms with van der Waals surface area (Å²) >= 11 is 0. The van der Waals surface area contributed by atoms with Crippen LogP contribution in [0.15, 0.2) is 36.4 Å². The van der Waals surface area contributed by atoms with Crippen LogP contribution in [0.25, 0.3) is 0 Å². The van der Waals surface area contributed by atoms with Crippen molar-refractivity contribution in [2.45, 2.75) is 19.1 Å². The Kier molecular flexibility index (Phi) is 6.00. The average molecular weight is 384 g/mol. The summed E-state index contributed by atoms with van der Waals surface area (Å²) in [6.07, 6.45) is -4.61. The van der Waals surface area contributed by atoms with Crippen molar-refractivity contribution in [3.8, 4) is 11.8 Å². The first-order valence-corrected chi connectivity index (χ1v) is 7.62. The number of alkyl halides is 3. The van der Waals surface area contributed by atoms with Gasteiger partial charge in [-0.2, -0.15) is 18.4 Å². The maximum Gasteiger partial charge on any atom is 0.419 e. The Morgan fingerprint density at radius 2 is 1.81 bits per heavy atom. The van der Waals surface area contributed by atoms with Gasteiger partial charge in [0.2, 0.25) is 0 Å². The van der Waals surface area contributed by atoms with Gasteiger partial charge in [0.1, 0.15) is 29.6 Å². The molecular formula is C18H13F5N2O2. The van der Waals surface area contributed by atoms with E-state index in [1.165, 1.54) is 19.1 Å². The molecule has 9 heteroatoms. The lowest BCUT2D eigenvalue weighted by Crippen LogP contribution is -2.37. The summed E-state index contributed by atoms with van der Waals surface area (Å²) in [7, 11) is 0. The Morgan fingerprint density at radius 3 is 2.37 bits per heavy atom. The summed E-state index contributed by atoms with van der Waals surface area (Å²) in [6, 6.07) is 6.64. The summed E-state index contributed by atoms with van der Waals surface area (Å²) < 4.78 is 71.4. The topological polar surface area (TPSA) is 62.1 Å². The fourth-order valence-electron chi connectivity index (χ4n) is 2.23. The number of amides is 1. The second-order valence-corrected chi connectivity index (χ2v) is 5.61. The number of rotatable bonds is 5. The minimum absolute atomic E-state index is 0.290. The molecule has 142 valence electrons. The van der Waals surface area contributed by atoms with Gasteiger partial charge < -0.3 is 10.1 Å². The Hall–Kier alpha value is -3.15. The molecule has 2 aromatic carbocycles. The maximum absolute atomic E-state index is 13.8. The minimum Gasteiger partial charge on any atom is -0.491 e. The number of carbonyl (C=O) groups is 1. The Bertz CT molecular complexity index is 867. The zero-order valence-corrected chi connectivity index (χ0v) is 13.9. The molecule has 1 N–H and O–H groups in total. The van der Waals surface area contributed by atoms with E-state index in [1.54, 1.807) is 6.07 Å².